The van der Waals surface area contributed by atoms with E-state index in [2.05, 4.69) is 4.98 Å². The number of fused-ring (bicyclic) bond motifs is 3. The van der Waals surface area contributed by atoms with Crippen molar-refractivity contribution in [3.8, 4) is 0 Å². The van der Waals surface area contributed by atoms with E-state index in [1.807, 2.05) is 24.3 Å². The molecule has 0 bridgehead atoms. The van der Waals surface area contributed by atoms with E-state index in [-0.39, 0.29) is 17.5 Å². The third-order valence-corrected chi connectivity index (χ3v) is 2.83. The zero-order valence-corrected chi connectivity index (χ0v) is 8.60. The first-order valence-corrected chi connectivity index (χ1v) is 4.90. The van der Waals surface area contributed by atoms with Crippen LogP contribution < -0.4 is 0 Å². The number of benzene rings is 1. The molecular weight excluding hydrogens is 204 g/mol. The van der Waals surface area contributed by atoms with E-state index in [9.17, 15) is 9.59 Å². The maximum Gasteiger partial charge on any atom is 0.279 e. The summed E-state index contributed by atoms with van der Waals surface area (Å²) in [7, 11) is 1.47. The van der Waals surface area contributed by atoms with Crippen molar-refractivity contribution < 1.29 is 9.59 Å². The maximum absolute atomic E-state index is 11.9. The van der Waals surface area contributed by atoms with Crippen LogP contribution in [0.25, 0.3) is 10.8 Å². The highest BCUT2D eigenvalue weighted by molar-refractivity contribution is 6.25. The van der Waals surface area contributed by atoms with E-state index < -0.39 is 0 Å². The van der Waals surface area contributed by atoms with Crippen molar-refractivity contribution in [3.63, 3.8) is 0 Å². The number of amides is 2. The Morgan fingerprint density at radius 2 is 1.88 bits per heavy atom. The molecule has 0 fully saturated rings. The minimum Gasteiger partial charge on any atom is -0.276 e. The van der Waals surface area contributed by atoms with Gasteiger partial charge in [-0.1, -0.05) is 24.3 Å². The SMILES string of the molecule is CN1C(=O)c2ncc3ccccc3c2C1=O. The van der Waals surface area contributed by atoms with Crippen molar-refractivity contribution in [1.82, 2.24) is 9.88 Å². The molecule has 78 valence electrons. The monoisotopic (exact) mass is 212 g/mol. The highest BCUT2D eigenvalue weighted by atomic mass is 16.2. The zero-order chi connectivity index (χ0) is 11.3. The van der Waals surface area contributed by atoms with Gasteiger partial charge in [-0.3, -0.25) is 14.5 Å². The number of hydrogen-bond donors (Lipinski definition) is 0. The molecule has 1 aromatic carbocycles. The van der Waals surface area contributed by atoms with Gasteiger partial charge in [0.05, 0.1) is 5.56 Å². The minimum absolute atomic E-state index is 0.256. The van der Waals surface area contributed by atoms with Gasteiger partial charge in [-0.05, 0) is 5.39 Å². The van der Waals surface area contributed by atoms with Crippen LogP contribution in [0.3, 0.4) is 0 Å². The van der Waals surface area contributed by atoms with E-state index in [1.165, 1.54) is 7.05 Å². The van der Waals surface area contributed by atoms with Crippen LogP contribution in [-0.4, -0.2) is 28.7 Å². The topological polar surface area (TPSA) is 50.3 Å². The Kier molecular flexibility index (Phi) is 1.63. The van der Waals surface area contributed by atoms with Crippen molar-refractivity contribution in [1.29, 1.82) is 0 Å². The lowest BCUT2D eigenvalue weighted by Gasteiger charge is -2.03. The fourth-order valence-corrected chi connectivity index (χ4v) is 1.96. The quantitative estimate of drug-likeness (QED) is 0.621. The minimum atomic E-state index is -0.328. The molecule has 1 aromatic heterocycles. The first-order chi connectivity index (χ1) is 7.70. The first kappa shape index (κ1) is 9.03. The van der Waals surface area contributed by atoms with Gasteiger partial charge < -0.3 is 0 Å². The van der Waals surface area contributed by atoms with E-state index >= 15 is 0 Å². The van der Waals surface area contributed by atoms with Gasteiger partial charge in [-0.2, -0.15) is 0 Å². The van der Waals surface area contributed by atoms with Gasteiger partial charge in [0, 0.05) is 18.6 Å². The molecule has 0 spiro atoms. The summed E-state index contributed by atoms with van der Waals surface area (Å²) < 4.78 is 0. The van der Waals surface area contributed by atoms with Crippen LogP contribution in [0.5, 0.6) is 0 Å². The third kappa shape index (κ3) is 0.957. The highest BCUT2D eigenvalue weighted by Crippen LogP contribution is 2.27. The van der Waals surface area contributed by atoms with E-state index in [0.29, 0.717) is 5.56 Å². The van der Waals surface area contributed by atoms with Crippen molar-refractivity contribution in [2.24, 2.45) is 0 Å². The fraction of sp³-hybridized carbons (Fsp3) is 0.0833. The fourth-order valence-electron chi connectivity index (χ4n) is 1.96. The Labute approximate surface area is 91.5 Å². The van der Waals surface area contributed by atoms with Crippen LogP contribution in [0.2, 0.25) is 0 Å². The predicted molar refractivity (Wildman–Crippen MR) is 58.2 cm³/mol. The molecule has 2 aromatic rings. The van der Waals surface area contributed by atoms with Crippen molar-refractivity contribution in [2.45, 2.75) is 0 Å². The molecule has 3 rings (SSSR count). The average Bonchev–Trinajstić information content (AvgIpc) is 2.55. The Bertz CT molecular complexity index is 634. The molecule has 0 N–H and O–H groups in total. The average molecular weight is 212 g/mol. The Morgan fingerprint density at radius 3 is 2.69 bits per heavy atom. The summed E-state index contributed by atoms with van der Waals surface area (Å²) in [5.41, 5.74) is 0.678. The van der Waals surface area contributed by atoms with Gasteiger partial charge >= 0.3 is 0 Å². The van der Waals surface area contributed by atoms with Gasteiger partial charge in [0.15, 0.2) is 0 Å². The molecule has 0 saturated heterocycles. The molecule has 0 atom stereocenters. The van der Waals surface area contributed by atoms with Gasteiger partial charge in [0.2, 0.25) is 0 Å². The molecular formula is C12H8N2O2. The van der Waals surface area contributed by atoms with Crippen LogP contribution in [-0.2, 0) is 0 Å². The lowest BCUT2D eigenvalue weighted by molar-refractivity contribution is 0.0692. The second-order valence-corrected chi connectivity index (χ2v) is 3.74. The molecule has 0 aliphatic carbocycles. The second-order valence-electron chi connectivity index (χ2n) is 3.74. The van der Waals surface area contributed by atoms with Gasteiger partial charge in [-0.15, -0.1) is 0 Å². The largest absolute Gasteiger partial charge is 0.279 e. The summed E-state index contributed by atoms with van der Waals surface area (Å²) in [5, 5.41) is 1.66. The van der Waals surface area contributed by atoms with Crippen molar-refractivity contribution >= 4 is 22.6 Å². The molecule has 1 aliphatic heterocycles. The van der Waals surface area contributed by atoms with Crippen LogP contribution in [0.15, 0.2) is 30.5 Å². The molecule has 2 amide bonds. The summed E-state index contributed by atoms with van der Waals surface area (Å²) in [4.78, 5) is 28.7. The lowest BCUT2D eigenvalue weighted by atomic mass is 10.1. The zero-order valence-electron chi connectivity index (χ0n) is 8.60. The number of nitrogens with zero attached hydrogens (tertiary/aromatic N) is 2. The Hall–Kier alpha value is -2.23. The van der Waals surface area contributed by atoms with Crippen LogP contribution in [0.1, 0.15) is 20.8 Å². The van der Waals surface area contributed by atoms with Crippen molar-refractivity contribution in [2.75, 3.05) is 7.05 Å². The summed E-state index contributed by atoms with van der Waals surface area (Å²) in [5.74, 6) is -0.602. The van der Waals surface area contributed by atoms with E-state index in [0.717, 1.165) is 15.7 Å². The highest BCUT2D eigenvalue weighted by Gasteiger charge is 2.35. The van der Waals surface area contributed by atoms with E-state index in [4.69, 9.17) is 0 Å². The molecule has 2 heterocycles. The van der Waals surface area contributed by atoms with Gasteiger partial charge in [-0.25, -0.2) is 4.98 Å². The van der Waals surface area contributed by atoms with Crippen LogP contribution in [0.4, 0.5) is 0 Å². The summed E-state index contributed by atoms with van der Waals surface area (Å²) in [6.07, 6.45) is 1.62. The molecule has 0 radical (unpaired) electrons. The smallest absolute Gasteiger partial charge is 0.276 e. The Morgan fingerprint density at radius 1 is 1.12 bits per heavy atom. The van der Waals surface area contributed by atoms with Crippen molar-refractivity contribution in [3.05, 3.63) is 41.7 Å². The molecule has 0 unspecified atom stereocenters. The second kappa shape index (κ2) is 2.88. The van der Waals surface area contributed by atoms with E-state index in [1.54, 1.807) is 6.20 Å². The number of pyridine rings is 1. The molecule has 1 aliphatic rings. The first-order valence-electron chi connectivity index (χ1n) is 4.90. The summed E-state index contributed by atoms with van der Waals surface area (Å²) in [6, 6.07) is 7.43. The number of carbonyl (C=O) groups excluding carboxylic acids is 2. The van der Waals surface area contributed by atoms with Crippen LogP contribution >= 0.6 is 0 Å². The maximum atomic E-state index is 11.9. The summed E-state index contributed by atoms with van der Waals surface area (Å²) >= 11 is 0. The predicted octanol–water partition coefficient (Wildman–Crippen LogP) is 1.46. The number of rotatable bonds is 0. The molecule has 16 heavy (non-hydrogen) atoms. The number of imide groups is 1. The number of hydrogen-bond acceptors (Lipinski definition) is 3. The molecule has 4 nitrogen and oxygen atoms in total. The van der Waals surface area contributed by atoms with Crippen LogP contribution in [0, 0.1) is 0 Å². The normalized spacial score (nSPS) is 14.7. The lowest BCUT2D eigenvalue weighted by Crippen LogP contribution is -2.24. The molecule has 0 saturated carbocycles. The summed E-state index contributed by atoms with van der Waals surface area (Å²) in [6.45, 7) is 0. The standard InChI is InChI=1S/C12H8N2O2/c1-14-11(15)9-8-5-3-2-4-7(8)6-13-10(9)12(14)16/h2-6H,1H3. The van der Waals surface area contributed by atoms with Gasteiger partial charge in [0.25, 0.3) is 11.8 Å². The third-order valence-electron chi connectivity index (χ3n) is 2.83. The van der Waals surface area contributed by atoms with Gasteiger partial charge in [0.1, 0.15) is 5.69 Å². The number of carbonyl (C=O) groups is 2. The number of aromatic nitrogens is 1. The Balaban J connectivity index is 2.46. The molecule has 4 heteroatoms.